The van der Waals surface area contributed by atoms with Gasteiger partial charge < -0.3 is 28.5 Å². The number of aliphatic carboxylic acids is 1. The molecular formula is C63H120NO8+. The van der Waals surface area contributed by atoms with Gasteiger partial charge in [-0.1, -0.05) is 269 Å². The predicted molar refractivity (Wildman–Crippen MR) is 304 cm³/mol. The first kappa shape index (κ1) is 69.8. The highest BCUT2D eigenvalue weighted by Gasteiger charge is 2.25. The Bertz CT molecular complexity index is 1230. The van der Waals surface area contributed by atoms with E-state index in [1.54, 1.807) is 0 Å². The number of hydrogen-bond donors (Lipinski definition) is 1. The van der Waals surface area contributed by atoms with Gasteiger partial charge in [0, 0.05) is 12.8 Å². The van der Waals surface area contributed by atoms with E-state index in [0.29, 0.717) is 17.4 Å². The summed E-state index contributed by atoms with van der Waals surface area (Å²) in [5, 5.41) is 9.71. The zero-order chi connectivity index (χ0) is 52.7. The number of allylic oxidation sites excluding steroid dienone is 4. The van der Waals surface area contributed by atoms with Gasteiger partial charge in [-0.25, -0.2) is 4.79 Å². The third kappa shape index (κ3) is 55.5. The van der Waals surface area contributed by atoms with Crippen LogP contribution in [0.1, 0.15) is 303 Å². The second-order valence-corrected chi connectivity index (χ2v) is 22.4. The van der Waals surface area contributed by atoms with E-state index in [0.717, 1.165) is 44.9 Å². The molecule has 0 aliphatic rings. The van der Waals surface area contributed by atoms with Crippen LogP contribution in [0, 0.1) is 0 Å². The maximum Gasteiger partial charge on any atom is 0.361 e. The normalized spacial score (nSPS) is 12.8. The number of quaternary nitrogens is 1. The average molecular weight is 1020 g/mol. The Morgan fingerprint density at radius 3 is 1.10 bits per heavy atom. The molecular weight excluding hydrogens is 899 g/mol. The molecule has 0 saturated carbocycles. The van der Waals surface area contributed by atoms with E-state index < -0.39 is 18.4 Å². The highest BCUT2D eigenvalue weighted by atomic mass is 16.7. The lowest BCUT2D eigenvalue weighted by molar-refractivity contribution is -0.870. The monoisotopic (exact) mass is 1020 g/mol. The predicted octanol–water partition coefficient (Wildman–Crippen LogP) is 18.3. The molecule has 0 aromatic carbocycles. The lowest BCUT2D eigenvalue weighted by Gasteiger charge is -2.25. The molecule has 0 aliphatic carbocycles. The molecule has 9 heteroatoms. The molecule has 2 unspecified atom stereocenters. The van der Waals surface area contributed by atoms with Crippen molar-refractivity contribution in [1.29, 1.82) is 0 Å². The minimum atomic E-state index is -1.51. The van der Waals surface area contributed by atoms with Crippen LogP contribution in [-0.4, -0.2) is 87.4 Å². The molecule has 0 aliphatic heterocycles. The van der Waals surface area contributed by atoms with Gasteiger partial charge in [-0.2, -0.15) is 0 Å². The molecule has 0 radical (unpaired) electrons. The van der Waals surface area contributed by atoms with Crippen LogP contribution in [-0.2, 0) is 33.3 Å². The van der Waals surface area contributed by atoms with E-state index in [9.17, 15) is 19.5 Å². The number of carboxylic acid groups (broad SMARTS) is 1. The molecule has 0 heterocycles. The highest BCUT2D eigenvalue weighted by Crippen LogP contribution is 2.18. The maximum atomic E-state index is 12.9. The number of ether oxygens (including phenoxy) is 4. The smallest absolute Gasteiger partial charge is 0.361 e. The summed E-state index contributed by atoms with van der Waals surface area (Å²) in [6, 6.07) is 0. The molecule has 0 rings (SSSR count). The fourth-order valence-corrected chi connectivity index (χ4v) is 9.16. The van der Waals surface area contributed by atoms with Crippen molar-refractivity contribution in [3.8, 4) is 0 Å². The third-order valence-electron chi connectivity index (χ3n) is 14.0. The van der Waals surface area contributed by atoms with Crippen LogP contribution >= 0.6 is 0 Å². The van der Waals surface area contributed by atoms with E-state index in [-0.39, 0.29) is 38.2 Å². The quantitative estimate of drug-likeness (QED) is 0.0211. The Balaban J connectivity index is 4.08. The molecule has 0 amide bonds. The van der Waals surface area contributed by atoms with Gasteiger partial charge in [0.25, 0.3) is 6.29 Å². The number of carboxylic acids is 1. The van der Waals surface area contributed by atoms with Crippen molar-refractivity contribution in [2.45, 2.75) is 315 Å². The van der Waals surface area contributed by atoms with Crippen LogP contribution in [0.15, 0.2) is 24.3 Å². The van der Waals surface area contributed by atoms with Crippen LogP contribution in [0.5, 0.6) is 0 Å². The molecule has 9 nitrogen and oxygen atoms in total. The van der Waals surface area contributed by atoms with E-state index >= 15 is 0 Å². The van der Waals surface area contributed by atoms with Crippen molar-refractivity contribution in [2.75, 3.05) is 47.5 Å². The summed E-state index contributed by atoms with van der Waals surface area (Å²) in [4.78, 5) is 37.4. The Morgan fingerprint density at radius 1 is 0.417 bits per heavy atom. The van der Waals surface area contributed by atoms with Crippen molar-refractivity contribution < 1.29 is 42.9 Å². The zero-order valence-electron chi connectivity index (χ0n) is 48.4. The minimum Gasteiger partial charge on any atom is -0.477 e. The summed E-state index contributed by atoms with van der Waals surface area (Å²) >= 11 is 0. The Morgan fingerprint density at radius 2 is 0.750 bits per heavy atom. The molecule has 0 aromatic rings. The van der Waals surface area contributed by atoms with Crippen LogP contribution in [0.3, 0.4) is 0 Å². The fourth-order valence-electron chi connectivity index (χ4n) is 9.16. The lowest BCUT2D eigenvalue weighted by atomic mass is 10.0. The molecule has 0 aromatic heterocycles. The Kier molecular flexibility index (Phi) is 53.3. The van der Waals surface area contributed by atoms with Gasteiger partial charge in [0.2, 0.25) is 0 Å². The summed E-state index contributed by atoms with van der Waals surface area (Å²) in [7, 11) is 5.98. The van der Waals surface area contributed by atoms with Crippen LogP contribution < -0.4 is 0 Å². The van der Waals surface area contributed by atoms with Crippen molar-refractivity contribution >= 4 is 17.9 Å². The molecule has 72 heavy (non-hydrogen) atoms. The molecule has 424 valence electrons. The largest absolute Gasteiger partial charge is 0.477 e. The SMILES string of the molecule is CCCCCCC/C=C\C/C=C\CCCCCCCCCCCCCCCCCCCCCC(=O)OC(COC(=O)CCCCCCCCCCCCCCCCCC)COC(OCC[N+](C)(C)C)C(=O)O. The van der Waals surface area contributed by atoms with E-state index in [1.807, 2.05) is 21.1 Å². The van der Waals surface area contributed by atoms with Crippen molar-refractivity contribution in [2.24, 2.45) is 0 Å². The van der Waals surface area contributed by atoms with Crippen LogP contribution in [0.25, 0.3) is 0 Å². The standard InChI is InChI=1S/C63H119NO8/c1-6-8-10-12-14-16-18-20-22-24-25-26-27-28-29-30-31-32-33-34-35-36-37-38-40-42-44-46-48-50-52-54-61(66)72-59(58-71-63(62(67)68)69-56-55-64(3,4)5)57-70-60(65)53-51-49-47-45-43-41-39-23-21-19-17-15-13-11-9-7-2/h18,20,24-25,59,63H,6-17,19,21-23,26-58H2,1-5H3/p+1/b20-18-,25-24-. The van der Waals surface area contributed by atoms with Crippen LogP contribution in [0.4, 0.5) is 0 Å². The van der Waals surface area contributed by atoms with Gasteiger partial charge in [-0.05, 0) is 44.9 Å². The van der Waals surface area contributed by atoms with Crippen molar-refractivity contribution in [1.82, 2.24) is 0 Å². The number of hydrogen-bond acceptors (Lipinski definition) is 7. The van der Waals surface area contributed by atoms with Crippen molar-refractivity contribution in [3.05, 3.63) is 24.3 Å². The number of unbranched alkanes of at least 4 members (excludes halogenated alkanes) is 39. The van der Waals surface area contributed by atoms with Gasteiger partial charge >= 0.3 is 17.9 Å². The number of esters is 2. The number of carbonyl (C=O) groups is 3. The number of rotatable bonds is 58. The number of likely N-dealkylation sites (N-methyl/N-ethyl adjacent to an activating group) is 1. The van der Waals surface area contributed by atoms with Gasteiger partial charge in [0.15, 0.2) is 6.10 Å². The topological polar surface area (TPSA) is 108 Å². The van der Waals surface area contributed by atoms with Gasteiger partial charge in [0.05, 0.1) is 34.4 Å². The van der Waals surface area contributed by atoms with Gasteiger partial charge in [-0.3, -0.25) is 9.59 Å². The summed E-state index contributed by atoms with van der Waals surface area (Å²) in [6.07, 6.45) is 62.7. The van der Waals surface area contributed by atoms with Gasteiger partial charge in [-0.15, -0.1) is 0 Å². The first-order chi connectivity index (χ1) is 35.1. The fraction of sp³-hybridized carbons (Fsp3) is 0.889. The summed E-state index contributed by atoms with van der Waals surface area (Å²) < 4.78 is 22.9. The molecule has 1 N–H and O–H groups in total. The molecule has 0 spiro atoms. The molecule has 0 saturated heterocycles. The second-order valence-electron chi connectivity index (χ2n) is 22.4. The van der Waals surface area contributed by atoms with Crippen molar-refractivity contribution in [3.63, 3.8) is 0 Å². The number of nitrogens with zero attached hydrogens (tertiary/aromatic N) is 1. The maximum absolute atomic E-state index is 12.9. The third-order valence-corrected chi connectivity index (χ3v) is 14.0. The first-order valence-electron chi connectivity index (χ1n) is 31.0. The minimum absolute atomic E-state index is 0.175. The Hall–Kier alpha value is -2.23. The van der Waals surface area contributed by atoms with E-state index in [1.165, 1.54) is 231 Å². The molecule has 0 bridgehead atoms. The van der Waals surface area contributed by atoms with Gasteiger partial charge in [0.1, 0.15) is 13.2 Å². The molecule has 0 fully saturated rings. The second kappa shape index (κ2) is 55.0. The summed E-state index contributed by atoms with van der Waals surface area (Å²) in [5.41, 5.74) is 0. The van der Waals surface area contributed by atoms with E-state index in [2.05, 4.69) is 38.2 Å². The Labute approximate surface area is 446 Å². The first-order valence-corrected chi connectivity index (χ1v) is 31.0. The highest BCUT2D eigenvalue weighted by molar-refractivity contribution is 5.71. The average Bonchev–Trinajstić information content (AvgIpc) is 3.35. The number of carbonyl (C=O) groups excluding carboxylic acids is 2. The summed E-state index contributed by atoms with van der Waals surface area (Å²) in [6.45, 7) is 4.92. The van der Waals surface area contributed by atoms with Crippen LogP contribution in [0.2, 0.25) is 0 Å². The lowest BCUT2D eigenvalue weighted by Crippen LogP contribution is -2.40. The molecule has 2 atom stereocenters. The zero-order valence-corrected chi connectivity index (χ0v) is 48.4. The summed E-state index contributed by atoms with van der Waals surface area (Å²) in [5.74, 6) is -1.98. The van der Waals surface area contributed by atoms with E-state index in [4.69, 9.17) is 18.9 Å².